The molecule has 0 aliphatic carbocycles. The number of unbranched alkanes of at least 4 members (excludes halogenated alkanes) is 2. The number of rotatable bonds is 34. The fraction of sp³-hybridized carbons (Fsp3) is 0.354. The minimum absolute atomic E-state index is 0.00270. The highest BCUT2D eigenvalue weighted by Gasteiger charge is 2.48. The average Bonchev–Trinajstić information content (AvgIpc) is 1.58. The van der Waals surface area contributed by atoms with Gasteiger partial charge in [0.05, 0.1) is 59.2 Å². The molecule has 0 aromatic heterocycles. The molecule has 7 rings (SSSR count). The molecule has 2 amide bonds. The largest absolute Gasteiger partial charge is 0.465 e. The number of esters is 1. The van der Waals surface area contributed by atoms with Crippen molar-refractivity contribution >= 4 is 99.2 Å². The first-order valence-corrected chi connectivity index (χ1v) is 37.1. The Labute approximate surface area is 539 Å². The highest BCUT2D eigenvalue weighted by molar-refractivity contribution is 7.86. The number of hydrogen-bond acceptors (Lipinski definition) is 15. The van der Waals surface area contributed by atoms with Gasteiger partial charge in [0.15, 0.2) is 5.71 Å². The molecule has 0 spiro atoms. The molecule has 494 valence electrons. The standard InChI is InChI=1S/C65H77N4O18PS4/c1-64(34-19-43-89(73,74)75)54-46-51(91(79,80)81)29-32-56(54)68(38-18-10-17-27-61(70)66-36-37-67-62(71)48-28-31-53(63(72)86-4)58(45-48)88(49-21-11-8-12-22-49)50-23-13-9-14-24-50)59(64)25-15-6-5-7-16-26-60-65(2,35-20-44-90(76,77)78)55-47-52(92(82,83)84)30-33-57(55)69(60)39-40-87-42-41-85-3/h5-9,11-16,21-26,28-33,45-47H,10,17-20,27,34-44H2,1-4H3,(H5-,66,67,70,71,73,74,75,76,77,78,79,80,81,82,83,84)/p+1. The number of benzene rings is 5. The fourth-order valence-electron chi connectivity index (χ4n) is 11.5. The molecule has 2 aliphatic rings. The minimum Gasteiger partial charge on any atom is -0.465 e. The highest BCUT2D eigenvalue weighted by Crippen LogP contribution is 2.51. The molecule has 0 saturated heterocycles. The van der Waals surface area contributed by atoms with Gasteiger partial charge >= 0.3 is 5.97 Å². The third-order valence-electron chi connectivity index (χ3n) is 16.0. The van der Waals surface area contributed by atoms with Gasteiger partial charge < -0.3 is 29.7 Å². The van der Waals surface area contributed by atoms with Crippen LogP contribution >= 0.6 is 7.92 Å². The molecule has 0 radical (unpaired) electrons. The van der Waals surface area contributed by atoms with Crippen molar-refractivity contribution in [2.24, 2.45) is 0 Å². The van der Waals surface area contributed by atoms with E-state index in [9.17, 15) is 66.3 Å². The Balaban J connectivity index is 1.06. The predicted molar refractivity (Wildman–Crippen MR) is 354 cm³/mol. The summed E-state index contributed by atoms with van der Waals surface area (Å²) in [5.41, 5.74) is 2.04. The molecule has 92 heavy (non-hydrogen) atoms. The van der Waals surface area contributed by atoms with Crippen LogP contribution in [0.4, 0.5) is 11.4 Å². The van der Waals surface area contributed by atoms with Gasteiger partial charge in [0.1, 0.15) is 6.54 Å². The summed E-state index contributed by atoms with van der Waals surface area (Å²) in [7, 11) is -16.5. The Morgan fingerprint density at radius 2 is 1.21 bits per heavy atom. The van der Waals surface area contributed by atoms with E-state index in [2.05, 4.69) is 10.6 Å². The normalized spacial score (nSPS) is 17.4. The first kappa shape index (κ1) is 72.4. The SMILES string of the molecule is COCCOCCN1C(=CC=CC=CC=CC2=[N+](CCCCCC(=O)NCCNC(=O)c3ccc(C(=O)OC)c(P(c4ccccc4)c4ccccc4)c3)c3ccc(S(=O)(=O)O)cc3C2(C)CCCS(=O)(=O)O)C(C)(CCCS(=O)(=O)O)c2cc(S(=O)(=O)O)ccc21. The molecule has 0 saturated carbocycles. The summed E-state index contributed by atoms with van der Waals surface area (Å²) in [6.07, 6.45) is 14.2. The second-order valence-corrected chi connectivity index (χ2v) is 30.5. The maximum atomic E-state index is 13.6. The van der Waals surface area contributed by atoms with Gasteiger partial charge in [-0.15, -0.1) is 0 Å². The molecule has 5 aromatic carbocycles. The zero-order chi connectivity index (χ0) is 66.9. The van der Waals surface area contributed by atoms with Crippen LogP contribution < -0.4 is 31.4 Å². The number of nitrogens with one attached hydrogen (secondary N) is 2. The molecule has 2 unspecified atom stereocenters. The van der Waals surface area contributed by atoms with Gasteiger partial charge in [0, 0.05) is 85.0 Å². The van der Waals surface area contributed by atoms with Crippen molar-refractivity contribution in [1.82, 2.24) is 10.6 Å². The second-order valence-electron chi connectivity index (χ2n) is 22.4. The molecule has 6 N–H and O–H groups in total. The maximum absolute atomic E-state index is 13.6. The summed E-state index contributed by atoms with van der Waals surface area (Å²) >= 11 is 0. The molecule has 5 aromatic rings. The van der Waals surface area contributed by atoms with Crippen LogP contribution in [0.25, 0.3) is 0 Å². The van der Waals surface area contributed by atoms with Crippen LogP contribution in [-0.4, -0.2) is 152 Å². The average molecular weight is 1360 g/mol. The Hall–Kier alpha value is -7.07. The van der Waals surface area contributed by atoms with E-state index < -0.39 is 82.6 Å². The van der Waals surface area contributed by atoms with Gasteiger partial charge in [-0.1, -0.05) is 91.0 Å². The van der Waals surface area contributed by atoms with Crippen LogP contribution in [-0.2, 0) is 70.3 Å². The number of carbonyl (C=O) groups excluding carboxylic acids is 3. The Kier molecular flexibility index (Phi) is 25.3. The van der Waals surface area contributed by atoms with E-state index in [4.69, 9.17) is 14.2 Å². The number of allylic oxidation sites excluding steroid dienone is 8. The Morgan fingerprint density at radius 3 is 1.82 bits per heavy atom. The maximum Gasteiger partial charge on any atom is 0.338 e. The molecular weight excluding hydrogens is 1280 g/mol. The van der Waals surface area contributed by atoms with E-state index in [-0.39, 0.29) is 74.0 Å². The topological polar surface area (TPSA) is 327 Å². The molecule has 27 heteroatoms. The van der Waals surface area contributed by atoms with Crippen molar-refractivity contribution < 1.29 is 85.1 Å². The third kappa shape index (κ3) is 19.3. The number of anilines is 1. The molecule has 0 bridgehead atoms. The Bertz CT molecular complexity index is 4070. The molecular formula is C65H78N4O18PS4+. The fourth-order valence-corrected chi connectivity index (χ4v) is 16.0. The lowest BCUT2D eigenvalue weighted by Crippen LogP contribution is -2.35. The van der Waals surface area contributed by atoms with E-state index >= 15 is 0 Å². The lowest BCUT2D eigenvalue weighted by atomic mass is 9.76. The second kappa shape index (κ2) is 32.2. The van der Waals surface area contributed by atoms with Gasteiger partial charge in [-0.3, -0.25) is 27.8 Å². The number of nitrogens with zero attached hydrogens (tertiary/aromatic N) is 2. The van der Waals surface area contributed by atoms with Crippen LogP contribution in [0.1, 0.15) is 97.1 Å². The lowest BCUT2D eigenvalue weighted by Gasteiger charge is -2.30. The summed E-state index contributed by atoms with van der Waals surface area (Å²) in [4.78, 5) is 41.0. The quantitative estimate of drug-likeness (QED) is 0.00579. The van der Waals surface area contributed by atoms with E-state index in [0.717, 1.165) is 10.6 Å². The van der Waals surface area contributed by atoms with Crippen LogP contribution in [0.2, 0.25) is 0 Å². The zero-order valence-corrected chi connectivity index (χ0v) is 55.7. The van der Waals surface area contributed by atoms with Crippen molar-refractivity contribution in [3.05, 3.63) is 186 Å². The molecule has 2 atom stereocenters. The van der Waals surface area contributed by atoms with Crippen molar-refractivity contribution in [2.75, 3.05) is 76.6 Å². The summed E-state index contributed by atoms with van der Waals surface area (Å²) < 4.78 is 155. The van der Waals surface area contributed by atoms with Crippen LogP contribution in [0.3, 0.4) is 0 Å². The number of fused-ring (bicyclic) bond motifs is 2. The van der Waals surface area contributed by atoms with Crippen molar-refractivity contribution in [3.63, 3.8) is 0 Å². The highest BCUT2D eigenvalue weighted by atomic mass is 32.2. The van der Waals surface area contributed by atoms with Crippen LogP contribution in [0.15, 0.2) is 173 Å². The van der Waals surface area contributed by atoms with E-state index in [1.807, 2.05) is 84.0 Å². The summed E-state index contributed by atoms with van der Waals surface area (Å²) in [5, 5.41) is 8.32. The van der Waals surface area contributed by atoms with Crippen molar-refractivity contribution in [3.8, 4) is 0 Å². The van der Waals surface area contributed by atoms with E-state index in [1.54, 1.807) is 72.9 Å². The van der Waals surface area contributed by atoms with Gasteiger partial charge in [0.2, 0.25) is 11.6 Å². The predicted octanol–water partition coefficient (Wildman–Crippen LogP) is 7.52. The van der Waals surface area contributed by atoms with Gasteiger partial charge in [-0.25, -0.2) is 4.79 Å². The van der Waals surface area contributed by atoms with E-state index in [1.165, 1.54) is 38.5 Å². The smallest absolute Gasteiger partial charge is 0.338 e. The number of carbonyl (C=O) groups is 3. The minimum atomic E-state index is -4.69. The van der Waals surface area contributed by atoms with Crippen molar-refractivity contribution in [1.29, 1.82) is 0 Å². The summed E-state index contributed by atoms with van der Waals surface area (Å²) in [5.74, 6) is -2.30. The first-order chi connectivity index (χ1) is 43.6. The first-order valence-electron chi connectivity index (χ1n) is 29.6. The van der Waals surface area contributed by atoms with Crippen LogP contribution in [0, 0.1) is 0 Å². The lowest BCUT2D eigenvalue weighted by molar-refractivity contribution is -0.438. The number of methoxy groups -OCH3 is 2. The molecule has 2 heterocycles. The summed E-state index contributed by atoms with van der Waals surface area (Å²) in [6.45, 7) is 5.39. The van der Waals surface area contributed by atoms with Gasteiger partial charge in [-0.05, 0) is 131 Å². The van der Waals surface area contributed by atoms with Crippen molar-refractivity contribution in [2.45, 2.75) is 85.8 Å². The Morgan fingerprint density at radius 1 is 0.620 bits per heavy atom. The van der Waals surface area contributed by atoms with Crippen LogP contribution in [0.5, 0.6) is 0 Å². The summed E-state index contributed by atoms with van der Waals surface area (Å²) in [6, 6.07) is 32.7. The molecule has 22 nitrogen and oxygen atoms in total. The zero-order valence-electron chi connectivity index (χ0n) is 51.5. The molecule has 0 fully saturated rings. The third-order valence-corrected chi connectivity index (χ3v) is 21.8. The monoisotopic (exact) mass is 1360 g/mol. The number of ether oxygens (including phenoxy) is 3. The number of amides is 2. The number of hydrogen-bond donors (Lipinski definition) is 6. The molecule has 2 aliphatic heterocycles. The van der Waals surface area contributed by atoms with Gasteiger partial charge in [-0.2, -0.15) is 38.2 Å². The van der Waals surface area contributed by atoms with E-state index in [0.29, 0.717) is 89.4 Å². The van der Waals surface area contributed by atoms with Gasteiger partial charge in [0.25, 0.3) is 46.4 Å².